The molecule has 1 fully saturated rings. The largest absolute Gasteiger partial charge is 0.502 e. The minimum atomic E-state index is -0.539. The number of ether oxygens (including phenoxy) is 3. The number of nitrogens with one attached hydrogen (secondary N) is 1. The molecule has 0 saturated carbocycles. The molecule has 0 bridgehead atoms. The zero-order valence-corrected chi connectivity index (χ0v) is 16.8. The molecule has 1 aliphatic rings. The lowest BCUT2D eigenvalue weighted by Gasteiger charge is -2.28. The third kappa shape index (κ3) is 4.82. The average molecular weight is 409 g/mol. The number of morpholine rings is 1. The zero-order chi connectivity index (χ0) is 21.5. The number of nitriles is 1. The van der Waals surface area contributed by atoms with Crippen LogP contribution in [-0.2, 0) is 9.53 Å². The normalized spacial score (nSPS) is 14.0. The summed E-state index contributed by atoms with van der Waals surface area (Å²) >= 11 is 0. The number of hydrogen-bond acceptors (Lipinski definition) is 7. The summed E-state index contributed by atoms with van der Waals surface area (Å²) < 4.78 is 15.6. The molecule has 2 aromatic rings. The van der Waals surface area contributed by atoms with Gasteiger partial charge in [0.05, 0.1) is 27.4 Å². The van der Waals surface area contributed by atoms with Crippen molar-refractivity contribution in [3.05, 3.63) is 47.5 Å². The number of hydrogen-bond donors (Lipinski definition) is 2. The summed E-state index contributed by atoms with van der Waals surface area (Å²) in [7, 11) is 2.81. The van der Waals surface area contributed by atoms with E-state index in [-0.39, 0.29) is 22.8 Å². The SMILES string of the molecule is COc1cc(C=C(C#N)C(=O)Nc2ccc(N3CCOCC3)cc2)cc(OC)c1O. The molecule has 0 aliphatic carbocycles. The van der Waals surface area contributed by atoms with E-state index in [0.717, 1.165) is 18.8 Å². The van der Waals surface area contributed by atoms with Crippen molar-refractivity contribution in [1.29, 1.82) is 5.26 Å². The van der Waals surface area contributed by atoms with Crippen molar-refractivity contribution in [3.8, 4) is 23.3 Å². The Labute approximate surface area is 174 Å². The smallest absolute Gasteiger partial charge is 0.266 e. The maximum atomic E-state index is 12.6. The molecule has 156 valence electrons. The van der Waals surface area contributed by atoms with E-state index in [1.54, 1.807) is 12.1 Å². The topological polar surface area (TPSA) is 104 Å². The van der Waals surface area contributed by atoms with Crippen LogP contribution in [0.4, 0.5) is 11.4 Å². The maximum Gasteiger partial charge on any atom is 0.266 e. The van der Waals surface area contributed by atoms with Crippen LogP contribution in [0.1, 0.15) is 5.56 Å². The highest BCUT2D eigenvalue weighted by atomic mass is 16.5. The van der Waals surface area contributed by atoms with E-state index < -0.39 is 5.91 Å². The third-order valence-corrected chi connectivity index (χ3v) is 4.68. The van der Waals surface area contributed by atoms with Gasteiger partial charge in [-0.05, 0) is 48.0 Å². The van der Waals surface area contributed by atoms with E-state index in [1.165, 1.54) is 32.4 Å². The fraction of sp³-hybridized carbons (Fsp3) is 0.273. The highest BCUT2D eigenvalue weighted by Crippen LogP contribution is 2.37. The second-order valence-corrected chi connectivity index (χ2v) is 6.54. The minimum absolute atomic E-state index is 0.0953. The van der Waals surface area contributed by atoms with Crippen molar-refractivity contribution < 1.29 is 24.1 Å². The summed E-state index contributed by atoms with van der Waals surface area (Å²) in [6, 6.07) is 12.4. The second-order valence-electron chi connectivity index (χ2n) is 6.54. The van der Waals surface area contributed by atoms with Crippen LogP contribution in [0.3, 0.4) is 0 Å². The number of carbonyl (C=O) groups excluding carboxylic acids is 1. The van der Waals surface area contributed by atoms with E-state index in [9.17, 15) is 15.2 Å². The number of benzene rings is 2. The number of amides is 1. The van der Waals surface area contributed by atoms with Crippen molar-refractivity contribution in [2.24, 2.45) is 0 Å². The van der Waals surface area contributed by atoms with Gasteiger partial charge < -0.3 is 29.5 Å². The average Bonchev–Trinajstić information content (AvgIpc) is 2.79. The van der Waals surface area contributed by atoms with Gasteiger partial charge in [-0.25, -0.2) is 0 Å². The fourth-order valence-electron chi connectivity index (χ4n) is 3.09. The Kier molecular flexibility index (Phi) is 6.78. The van der Waals surface area contributed by atoms with Gasteiger partial charge in [0.2, 0.25) is 5.75 Å². The van der Waals surface area contributed by atoms with Crippen LogP contribution >= 0.6 is 0 Å². The molecule has 0 radical (unpaired) electrons. The highest BCUT2D eigenvalue weighted by Gasteiger charge is 2.15. The number of nitrogens with zero attached hydrogens (tertiary/aromatic N) is 2. The molecule has 2 aromatic carbocycles. The van der Waals surface area contributed by atoms with Gasteiger partial charge in [-0.15, -0.1) is 0 Å². The van der Waals surface area contributed by atoms with Gasteiger partial charge in [0.1, 0.15) is 11.6 Å². The van der Waals surface area contributed by atoms with Crippen molar-refractivity contribution in [2.45, 2.75) is 0 Å². The van der Waals surface area contributed by atoms with E-state index in [2.05, 4.69) is 10.2 Å². The Morgan fingerprint density at radius 1 is 1.17 bits per heavy atom. The molecule has 0 spiro atoms. The standard InChI is InChI=1S/C22H23N3O5/c1-28-19-12-15(13-20(29-2)21(19)26)11-16(14-23)22(27)24-17-3-5-18(6-4-17)25-7-9-30-10-8-25/h3-6,11-13,26H,7-10H2,1-2H3,(H,24,27). The first-order valence-electron chi connectivity index (χ1n) is 9.36. The summed E-state index contributed by atoms with van der Waals surface area (Å²) in [5, 5.41) is 22.2. The number of aromatic hydroxyl groups is 1. The molecule has 1 heterocycles. The Hall–Kier alpha value is -3.70. The lowest BCUT2D eigenvalue weighted by molar-refractivity contribution is -0.112. The molecule has 3 rings (SSSR count). The predicted molar refractivity (Wildman–Crippen MR) is 113 cm³/mol. The first kappa shape index (κ1) is 21.0. The summed E-state index contributed by atoms with van der Waals surface area (Å²) in [5.41, 5.74) is 2.02. The minimum Gasteiger partial charge on any atom is -0.502 e. The van der Waals surface area contributed by atoms with Crippen LogP contribution in [0.15, 0.2) is 42.0 Å². The van der Waals surface area contributed by atoms with Gasteiger partial charge in [0.25, 0.3) is 5.91 Å². The summed E-state index contributed by atoms with van der Waals surface area (Å²) in [6.07, 6.45) is 1.40. The summed E-state index contributed by atoms with van der Waals surface area (Å²) in [5.74, 6) is -0.336. The maximum absolute atomic E-state index is 12.6. The predicted octanol–water partition coefficient (Wildman–Crippen LogP) is 2.79. The number of phenols is 1. The number of rotatable bonds is 6. The Morgan fingerprint density at radius 3 is 2.30 bits per heavy atom. The van der Waals surface area contributed by atoms with E-state index in [0.29, 0.717) is 24.5 Å². The molecule has 8 nitrogen and oxygen atoms in total. The van der Waals surface area contributed by atoms with Crippen LogP contribution in [0.2, 0.25) is 0 Å². The van der Waals surface area contributed by atoms with Crippen molar-refractivity contribution >= 4 is 23.4 Å². The lowest BCUT2D eigenvalue weighted by atomic mass is 10.1. The monoisotopic (exact) mass is 409 g/mol. The van der Waals surface area contributed by atoms with Crippen molar-refractivity contribution in [3.63, 3.8) is 0 Å². The van der Waals surface area contributed by atoms with Crippen molar-refractivity contribution in [2.75, 3.05) is 50.7 Å². The van der Waals surface area contributed by atoms with Gasteiger partial charge in [0.15, 0.2) is 11.5 Å². The quantitative estimate of drug-likeness (QED) is 0.558. The number of methoxy groups -OCH3 is 2. The zero-order valence-electron chi connectivity index (χ0n) is 16.8. The molecule has 1 saturated heterocycles. The molecule has 8 heteroatoms. The fourth-order valence-corrected chi connectivity index (χ4v) is 3.09. The van der Waals surface area contributed by atoms with E-state index >= 15 is 0 Å². The first-order valence-corrected chi connectivity index (χ1v) is 9.36. The second kappa shape index (κ2) is 9.67. The third-order valence-electron chi connectivity index (χ3n) is 4.68. The van der Waals surface area contributed by atoms with Gasteiger partial charge >= 0.3 is 0 Å². The van der Waals surface area contributed by atoms with Gasteiger partial charge in [0, 0.05) is 24.5 Å². The van der Waals surface area contributed by atoms with Crippen LogP contribution in [0.5, 0.6) is 17.2 Å². The number of phenolic OH excluding ortho intramolecular Hbond substituents is 1. The first-order chi connectivity index (χ1) is 14.5. The summed E-state index contributed by atoms with van der Waals surface area (Å²) in [6.45, 7) is 3.04. The van der Waals surface area contributed by atoms with Crippen LogP contribution < -0.4 is 19.7 Å². The lowest BCUT2D eigenvalue weighted by Crippen LogP contribution is -2.36. The molecule has 2 N–H and O–H groups in total. The van der Waals surface area contributed by atoms with Crippen molar-refractivity contribution in [1.82, 2.24) is 0 Å². The molecule has 1 aliphatic heterocycles. The van der Waals surface area contributed by atoms with Crippen LogP contribution in [-0.4, -0.2) is 51.5 Å². The number of carbonyl (C=O) groups is 1. The van der Waals surface area contributed by atoms with Crippen LogP contribution in [0, 0.1) is 11.3 Å². The molecular weight excluding hydrogens is 386 g/mol. The molecule has 1 amide bonds. The molecule has 0 atom stereocenters. The molecule has 30 heavy (non-hydrogen) atoms. The Bertz CT molecular complexity index is 948. The van der Waals surface area contributed by atoms with Gasteiger partial charge in [-0.2, -0.15) is 5.26 Å². The van der Waals surface area contributed by atoms with E-state index in [1.807, 2.05) is 18.2 Å². The van der Waals surface area contributed by atoms with Crippen LogP contribution in [0.25, 0.3) is 6.08 Å². The number of anilines is 2. The Morgan fingerprint density at radius 2 is 1.77 bits per heavy atom. The highest BCUT2D eigenvalue weighted by molar-refractivity contribution is 6.09. The van der Waals surface area contributed by atoms with Gasteiger partial charge in [-0.1, -0.05) is 0 Å². The Balaban J connectivity index is 1.76. The summed E-state index contributed by atoms with van der Waals surface area (Å²) in [4.78, 5) is 14.8. The molecule has 0 aromatic heterocycles. The van der Waals surface area contributed by atoms with Gasteiger partial charge in [-0.3, -0.25) is 4.79 Å². The van der Waals surface area contributed by atoms with E-state index in [4.69, 9.17) is 14.2 Å². The molecule has 0 unspecified atom stereocenters. The molecular formula is C22H23N3O5.